The number of rotatable bonds is 3. The lowest BCUT2D eigenvalue weighted by atomic mass is 10.1. The lowest BCUT2D eigenvalue weighted by molar-refractivity contribution is 0.909. The summed E-state index contributed by atoms with van der Waals surface area (Å²) in [4.78, 5) is 13.2. The van der Waals surface area contributed by atoms with Crippen molar-refractivity contribution in [3.63, 3.8) is 0 Å². The molecular formula is C16H18N6. The van der Waals surface area contributed by atoms with Crippen molar-refractivity contribution in [2.24, 2.45) is 4.99 Å². The molecule has 0 saturated heterocycles. The Labute approximate surface area is 129 Å². The number of nitrogens with one attached hydrogen (secondary N) is 1. The SMILES string of the molecule is CNc1ncc2c(-c3cnc(N=C(C)C)c(C)c3)ccn2n1. The second-order valence-electron chi connectivity index (χ2n) is 5.31. The van der Waals surface area contributed by atoms with Crippen LogP contribution in [0.1, 0.15) is 19.4 Å². The van der Waals surface area contributed by atoms with Gasteiger partial charge in [-0.2, -0.15) is 0 Å². The third-order valence-corrected chi connectivity index (χ3v) is 3.33. The van der Waals surface area contributed by atoms with Gasteiger partial charge in [0.25, 0.3) is 0 Å². The van der Waals surface area contributed by atoms with Crippen LogP contribution in [-0.2, 0) is 0 Å². The Hall–Kier alpha value is -2.76. The molecule has 3 aromatic rings. The molecule has 0 unspecified atom stereocenters. The molecule has 0 bridgehead atoms. The number of pyridine rings is 1. The van der Waals surface area contributed by atoms with E-state index in [0.717, 1.165) is 33.7 Å². The molecule has 1 N–H and O–H groups in total. The van der Waals surface area contributed by atoms with Crippen molar-refractivity contribution >= 4 is 23.0 Å². The van der Waals surface area contributed by atoms with Gasteiger partial charge in [0, 0.05) is 36.3 Å². The molecule has 0 aliphatic rings. The third kappa shape index (κ3) is 2.55. The topological polar surface area (TPSA) is 67.5 Å². The predicted molar refractivity (Wildman–Crippen MR) is 88.9 cm³/mol. The molecule has 0 fully saturated rings. The molecule has 0 atom stereocenters. The van der Waals surface area contributed by atoms with Crippen LogP contribution in [-0.4, -0.2) is 32.3 Å². The van der Waals surface area contributed by atoms with E-state index in [1.54, 1.807) is 7.05 Å². The van der Waals surface area contributed by atoms with E-state index in [0.29, 0.717) is 5.95 Å². The van der Waals surface area contributed by atoms with Crippen molar-refractivity contribution in [1.82, 2.24) is 19.6 Å². The zero-order chi connectivity index (χ0) is 15.7. The molecule has 3 rings (SSSR count). The van der Waals surface area contributed by atoms with E-state index in [4.69, 9.17) is 0 Å². The van der Waals surface area contributed by atoms with E-state index in [-0.39, 0.29) is 0 Å². The monoisotopic (exact) mass is 294 g/mol. The highest BCUT2D eigenvalue weighted by Crippen LogP contribution is 2.28. The Morgan fingerprint density at radius 2 is 2.05 bits per heavy atom. The molecule has 0 saturated carbocycles. The third-order valence-electron chi connectivity index (χ3n) is 3.33. The van der Waals surface area contributed by atoms with Gasteiger partial charge in [-0.1, -0.05) is 0 Å². The molecule has 6 nitrogen and oxygen atoms in total. The molecule has 112 valence electrons. The standard InChI is InChI=1S/C16H18N6/c1-10(2)20-15-11(3)7-12(8-18-15)13-5-6-22-14(13)9-19-16(17-4)21-22/h5-9H,1-4H3,(H,17,21). The normalized spacial score (nSPS) is 10.7. The van der Waals surface area contributed by atoms with E-state index in [9.17, 15) is 0 Å². The van der Waals surface area contributed by atoms with Crippen molar-refractivity contribution in [1.29, 1.82) is 0 Å². The number of fused-ring (bicyclic) bond motifs is 1. The molecule has 6 heteroatoms. The Bertz CT molecular complexity index is 858. The van der Waals surface area contributed by atoms with Gasteiger partial charge >= 0.3 is 0 Å². The summed E-state index contributed by atoms with van der Waals surface area (Å²) in [6.07, 6.45) is 5.58. The molecule has 0 aliphatic heterocycles. The molecule has 3 heterocycles. The van der Waals surface area contributed by atoms with Crippen molar-refractivity contribution in [3.8, 4) is 11.1 Å². The fourth-order valence-electron chi connectivity index (χ4n) is 2.30. The first kappa shape index (κ1) is 14.2. The quantitative estimate of drug-likeness (QED) is 0.753. The summed E-state index contributed by atoms with van der Waals surface area (Å²) in [7, 11) is 1.80. The van der Waals surface area contributed by atoms with Gasteiger partial charge in [-0.15, -0.1) is 5.10 Å². The smallest absolute Gasteiger partial charge is 0.240 e. The molecule has 0 aromatic carbocycles. The van der Waals surface area contributed by atoms with Crippen molar-refractivity contribution in [2.75, 3.05) is 12.4 Å². The molecule has 22 heavy (non-hydrogen) atoms. The number of aliphatic imine (C=N–C) groups is 1. The summed E-state index contributed by atoms with van der Waals surface area (Å²) in [5.74, 6) is 1.35. The van der Waals surface area contributed by atoms with Crippen LogP contribution in [0, 0.1) is 6.92 Å². The van der Waals surface area contributed by atoms with Crippen LogP contribution in [0.5, 0.6) is 0 Å². The average molecular weight is 294 g/mol. The Kier molecular flexibility index (Phi) is 3.58. The zero-order valence-electron chi connectivity index (χ0n) is 13.1. The second kappa shape index (κ2) is 5.55. The van der Waals surface area contributed by atoms with Gasteiger partial charge in [0.05, 0.1) is 11.7 Å². The Morgan fingerprint density at radius 3 is 2.73 bits per heavy atom. The van der Waals surface area contributed by atoms with Crippen LogP contribution in [0.25, 0.3) is 16.6 Å². The number of aromatic nitrogens is 4. The van der Waals surface area contributed by atoms with Crippen molar-refractivity contribution < 1.29 is 0 Å². The minimum absolute atomic E-state index is 0.590. The molecule has 0 aliphatic carbocycles. The molecule has 0 spiro atoms. The average Bonchev–Trinajstić information content (AvgIpc) is 2.91. The second-order valence-corrected chi connectivity index (χ2v) is 5.31. The van der Waals surface area contributed by atoms with Crippen LogP contribution < -0.4 is 5.32 Å². The molecule has 3 aromatic heterocycles. The van der Waals surface area contributed by atoms with Gasteiger partial charge < -0.3 is 5.32 Å². The number of hydrogen-bond acceptors (Lipinski definition) is 5. The van der Waals surface area contributed by atoms with Crippen molar-refractivity contribution in [2.45, 2.75) is 20.8 Å². The largest absolute Gasteiger partial charge is 0.356 e. The summed E-state index contributed by atoms with van der Waals surface area (Å²) >= 11 is 0. The van der Waals surface area contributed by atoms with Crippen LogP contribution in [0.2, 0.25) is 0 Å². The van der Waals surface area contributed by atoms with E-state index < -0.39 is 0 Å². The summed E-state index contributed by atoms with van der Waals surface area (Å²) in [5.41, 5.74) is 5.08. The van der Waals surface area contributed by atoms with Gasteiger partial charge in [0.2, 0.25) is 5.95 Å². The number of hydrogen-bond donors (Lipinski definition) is 1. The van der Waals surface area contributed by atoms with Crippen LogP contribution >= 0.6 is 0 Å². The first-order valence-electron chi connectivity index (χ1n) is 7.09. The van der Waals surface area contributed by atoms with Gasteiger partial charge in [-0.25, -0.2) is 19.5 Å². The minimum Gasteiger partial charge on any atom is -0.356 e. The van der Waals surface area contributed by atoms with E-state index >= 15 is 0 Å². The van der Waals surface area contributed by atoms with Crippen LogP contribution in [0.3, 0.4) is 0 Å². The first-order valence-corrected chi connectivity index (χ1v) is 7.09. The van der Waals surface area contributed by atoms with Gasteiger partial charge in [0.1, 0.15) is 0 Å². The Morgan fingerprint density at radius 1 is 1.23 bits per heavy atom. The minimum atomic E-state index is 0.590. The number of aryl methyl sites for hydroxylation is 1. The molecular weight excluding hydrogens is 276 g/mol. The zero-order valence-corrected chi connectivity index (χ0v) is 13.1. The fraction of sp³-hybridized carbons (Fsp3) is 0.250. The lowest BCUT2D eigenvalue weighted by Crippen LogP contribution is -2.00. The highest BCUT2D eigenvalue weighted by atomic mass is 15.3. The highest BCUT2D eigenvalue weighted by Gasteiger charge is 2.09. The summed E-state index contributed by atoms with van der Waals surface area (Å²) in [6.45, 7) is 5.95. The Balaban J connectivity index is 2.08. The maximum Gasteiger partial charge on any atom is 0.240 e. The lowest BCUT2D eigenvalue weighted by Gasteiger charge is -2.05. The van der Waals surface area contributed by atoms with E-state index in [1.807, 2.05) is 49.9 Å². The van der Waals surface area contributed by atoms with Crippen LogP contribution in [0.4, 0.5) is 11.8 Å². The summed E-state index contributed by atoms with van der Waals surface area (Å²) in [5, 5.41) is 7.30. The summed E-state index contributed by atoms with van der Waals surface area (Å²) in [6, 6.07) is 4.12. The number of nitrogens with zero attached hydrogens (tertiary/aromatic N) is 5. The van der Waals surface area contributed by atoms with Crippen LogP contribution in [0.15, 0.2) is 35.7 Å². The van der Waals surface area contributed by atoms with E-state index in [2.05, 4.69) is 31.4 Å². The maximum atomic E-state index is 4.46. The van der Waals surface area contributed by atoms with Crippen molar-refractivity contribution in [3.05, 3.63) is 36.3 Å². The van der Waals surface area contributed by atoms with E-state index in [1.165, 1.54) is 0 Å². The summed E-state index contributed by atoms with van der Waals surface area (Å²) < 4.78 is 1.81. The highest BCUT2D eigenvalue weighted by molar-refractivity contribution is 5.83. The fourth-order valence-corrected chi connectivity index (χ4v) is 2.30. The number of anilines is 1. The van der Waals surface area contributed by atoms with Gasteiger partial charge in [-0.05, 0) is 38.5 Å². The van der Waals surface area contributed by atoms with Gasteiger partial charge in [-0.3, -0.25) is 0 Å². The molecule has 0 amide bonds. The van der Waals surface area contributed by atoms with Gasteiger partial charge in [0.15, 0.2) is 5.82 Å². The maximum absolute atomic E-state index is 4.46. The first-order chi connectivity index (χ1) is 10.6. The molecule has 0 radical (unpaired) electrons. The predicted octanol–water partition coefficient (Wildman–Crippen LogP) is 3.25.